The Morgan fingerprint density at radius 1 is 1.19 bits per heavy atom. The fourth-order valence-electron chi connectivity index (χ4n) is 2.80. The normalized spacial score (nSPS) is 26.8. The van der Waals surface area contributed by atoms with Gasteiger partial charge in [0.2, 0.25) is 0 Å². The van der Waals surface area contributed by atoms with E-state index in [1.165, 1.54) is 38.6 Å². The minimum Gasteiger partial charge on any atom is -0.380 e. The van der Waals surface area contributed by atoms with Crippen molar-refractivity contribution >= 4 is 0 Å². The molecule has 2 fully saturated rings. The molecule has 1 saturated heterocycles. The summed E-state index contributed by atoms with van der Waals surface area (Å²) in [7, 11) is 0. The van der Waals surface area contributed by atoms with Crippen LogP contribution in [-0.4, -0.2) is 49.8 Å². The van der Waals surface area contributed by atoms with E-state index in [2.05, 4.69) is 17.1 Å². The van der Waals surface area contributed by atoms with Gasteiger partial charge in [0.15, 0.2) is 0 Å². The van der Waals surface area contributed by atoms with Crippen LogP contribution in [0.15, 0.2) is 0 Å². The maximum Gasteiger partial charge on any atom is 0.0593 e. The van der Waals surface area contributed by atoms with Crippen molar-refractivity contribution in [1.82, 2.24) is 10.2 Å². The molecule has 0 aromatic heterocycles. The lowest BCUT2D eigenvalue weighted by molar-refractivity contribution is 0.133. The Labute approximate surface area is 99.5 Å². The Morgan fingerprint density at radius 3 is 2.81 bits per heavy atom. The first kappa shape index (κ1) is 12.3. The molecule has 0 radical (unpaired) electrons. The third kappa shape index (κ3) is 3.72. The van der Waals surface area contributed by atoms with E-state index in [9.17, 15) is 0 Å². The van der Waals surface area contributed by atoms with Crippen LogP contribution in [0, 0.1) is 0 Å². The van der Waals surface area contributed by atoms with E-state index in [-0.39, 0.29) is 0 Å². The third-order valence-electron chi connectivity index (χ3n) is 3.94. The Morgan fingerprint density at radius 2 is 2.00 bits per heavy atom. The minimum atomic E-state index is 0.655. The minimum absolute atomic E-state index is 0.655. The largest absolute Gasteiger partial charge is 0.380 e. The van der Waals surface area contributed by atoms with Crippen LogP contribution in [0.3, 0.4) is 0 Å². The van der Waals surface area contributed by atoms with Gasteiger partial charge in [-0.2, -0.15) is 0 Å². The lowest BCUT2D eigenvalue weighted by Crippen LogP contribution is -2.43. The molecule has 2 rings (SSSR count). The van der Waals surface area contributed by atoms with Crippen LogP contribution in [0.4, 0.5) is 0 Å². The summed E-state index contributed by atoms with van der Waals surface area (Å²) in [5.41, 5.74) is 0. The monoisotopic (exact) mass is 226 g/mol. The molecule has 0 amide bonds. The van der Waals surface area contributed by atoms with Gasteiger partial charge in [-0.25, -0.2) is 0 Å². The molecular formula is C13H26N2O. The third-order valence-corrected chi connectivity index (χ3v) is 3.94. The summed E-state index contributed by atoms with van der Waals surface area (Å²) in [6.07, 6.45) is 6.80. The molecule has 1 aliphatic heterocycles. The number of ether oxygens (including phenoxy) is 1. The average molecular weight is 226 g/mol. The topological polar surface area (TPSA) is 24.5 Å². The van der Waals surface area contributed by atoms with Crippen LogP contribution in [0.25, 0.3) is 0 Å². The van der Waals surface area contributed by atoms with Gasteiger partial charge in [0.1, 0.15) is 0 Å². The fourth-order valence-corrected chi connectivity index (χ4v) is 2.80. The molecule has 1 unspecified atom stereocenters. The van der Waals surface area contributed by atoms with Gasteiger partial charge in [0.05, 0.1) is 6.61 Å². The summed E-state index contributed by atoms with van der Waals surface area (Å²) in [6.45, 7) is 7.64. The number of nitrogens with zero attached hydrogens (tertiary/aromatic N) is 1. The van der Waals surface area contributed by atoms with Crippen molar-refractivity contribution in [3.63, 3.8) is 0 Å². The first-order valence-corrected chi connectivity index (χ1v) is 6.91. The molecule has 0 aromatic carbocycles. The van der Waals surface area contributed by atoms with Gasteiger partial charge < -0.3 is 10.1 Å². The van der Waals surface area contributed by atoms with Crippen LogP contribution in [0.5, 0.6) is 0 Å². The van der Waals surface area contributed by atoms with Crippen LogP contribution in [-0.2, 0) is 4.74 Å². The van der Waals surface area contributed by atoms with Crippen molar-refractivity contribution in [3.05, 3.63) is 0 Å². The molecule has 0 spiro atoms. The highest BCUT2D eigenvalue weighted by Gasteiger charge is 2.19. The second-order valence-corrected chi connectivity index (χ2v) is 5.24. The number of rotatable bonds is 4. The van der Waals surface area contributed by atoms with E-state index in [0.29, 0.717) is 6.04 Å². The number of hydrogen-bond acceptors (Lipinski definition) is 3. The maximum atomic E-state index is 5.49. The molecule has 3 heteroatoms. The smallest absolute Gasteiger partial charge is 0.0593 e. The second-order valence-electron chi connectivity index (χ2n) is 5.24. The van der Waals surface area contributed by atoms with Crippen LogP contribution >= 0.6 is 0 Å². The molecule has 16 heavy (non-hydrogen) atoms. The molecule has 1 atom stereocenters. The van der Waals surface area contributed by atoms with Gasteiger partial charge in [0.25, 0.3) is 0 Å². The van der Waals surface area contributed by atoms with Crippen molar-refractivity contribution in [3.8, 4) is 0 Å². The lowest BCUT2D eigenvalue weighted by Gasteiger charge is -2.28. The highest BCUT2D eigenvalue weighted by Crippen LogP contribution is 2.17. The van der Waals surface area contributed by atoms with Gasteiger partial charge in [-0.05, 0) is 26.2 Å². The van der Waals surface area contributed by atoms with Crippen molar-refractivity contribution < 1.29 is 4.74 Å². The van der Waals surface area contributed by atoms with Crippen molar-refractivity contribution in [2.75, 3.05) is 32.8 Å². The van der Waals surface area contributed by atoms with E-state index in [0.717, 1.165) is 32.3 Å². The predicted molar refractivity (Wildman–Crippen MR) is 66.7 cm³/mol. The van der Waals surface area contributed by atoms with Crippen molar-refractivity contribution in [1.29, 1.82) is 0 Å². The first-order chi connectivity index (χ1) is 7.86. The lowest BCUT2D eigenvalue weighted by atomic mass is 10.2. The Hall–Kier alpha value is -0.120. The van der Waals surface area contributed by atoms with Gasteiger partial charge in [-0.3, -0.25) is 4.90 Å². The fraction of sp³-hybridized carbons (Fsp3) is 1.00. The van der Waals surface area contributed by atoms with E-state index >= 15 is 0 Å². The summed E-state index contributed by atoms with van der Waals surface area (Å²) in [5, 5.41) is 3.72. The SMILES string of the molecule is CC(CNC1CCCC1)N1CCCOCC1. The molecule has 0 bridgehead atoms. The van der Waals surface area contributed by atoms with E-state index in [1.54, 1.807) is 0 Å². The highest BCUT2D eigenvalue weighted by atomic mass is 16.5. The number of hydrogen-bond donors (Lipinski definition) is 1. The average Bonchev–Trinajstić information content (AvgIpc) is 2.66. The van der Waals surface area contributed by atoms with Crippen LogP contribution in [0.2, 0.25) is 0 Å². The van der Waals surface area contributed by atoms with Crippen LogP contribution in [0.1, 0.15) is 39.0 Å². The Kier molecular flexibility index (Phi) is 5.07. The molecule has 2 aliphatic rings. The second kappa shape index (κ2) is 6.58. The highest BCUT2D eigenvalue weighted by molar-refractivity contribution is 4.77. The first-order valence-electron chi connectivity index (χ1n) is 6.91. The molecule has 1 N–H and O–H groups in total. The molecule has 3 nitrogen and oxygen atoms in total. The summed E-state index contributed by atoms with van der Waals surface area (Å²) in [5.74, 6) is 0. The standard InChI is InChI=1S/C13H26N2O/c1-12(11-14-13-5-2-3-6-13)15-7-4-9-16-10-8-15/h12-14H,2-11H2,1H3. The Bertz CT molecular complexity index is 184. The summed E-state index contributed by atoms with van der Waals surface area (Å²) >= 11 is 0. The quantitative estimate of drug-likeness (QED) is 0.788. The van der Waals surface area contributed by atoms with E-state index in [4.69, 9.17) is 4.74 Å². The summed E-state index contributed by atoms with van der Waals surface area (Å²) in [4.78, 5) is 2.56. The predicted octanol–water partition coefficient (Wildman–Crippen LogP) is 1.63. The zero-order chi connectivity index (χ0) is 11.2. The zero-order valence-corrected chi connectivity index (χ0v) is 10.6. The van der Waals surface area contributed by atoms with Gasteiger partial charge >= 0.3 is 0 Å². The molecule has 1 aliphatic carbocycles. The van der Waals surface area contributed by atoms with Crippen LogP contribution < -0.4 is 5.32 Å². The molecule has 0 aromatic rings. The van der Waals surface area contributed by atoms with Crippen molar-refractivity contribution in [2.24, 2.45) is 0 Å². The summed E-state index contributed by atoms with van der Waals surface area (Å²) < 4.78 is 5.49. The maximum absolute atomic E-state index is 5.49. The molecule has 1 heterocycles. The molecular weight excluding hydrogens is 200 g/mol. The van der Waals surface area contributed by atoms with E-state index < -0.39 is 0 Å². The van der Waals surface area contributed by atoms with Crippen molar-refractivity contribution in [2.45, 2.75) is 51.1 Å². The number of nitrogens with one attached hydrogen (secondary N) is 1. The molecule has 94 valence electrons. The Balaban J connectivity index is 1.66. The van der Waals surface area contributed by atoms with Gasteiger partial charge in [-0.15, -0.1) is 0 Å². The van der Waals surface area contributed by atoms with Gasteiger partial charge in [0, 0.05) is 38.3 Å². The summed E-state index contributed by atoms with van der Waals surface area (Å²) in [6, 6.07) is 1.45. The van der Waals surface area contributed by atoms with Gasteiger partial charge in [-0.1, -0.05) is 12.8 Å². The zero-order valence-electron chi connectivity index (χ0n) is 10.6. The van der Waals surface area contributed by atoms with E-state index in [1.807, 2.05) is 0 Å². The molecule has 1 saturated carbocycles.